The molecule has 0 radical (unpaired) electrons. The third-order valence-corrected chi connectivity index (χ3v) is 4.15. The minimum Gasteiger partial charge on any atom is -0.388 e. The molecule has 1 aromatic heterocycles. The molecule has 7 nitrogen and oxygen atoms in total. The molecule has 0 saturated carbocycles. The maximum absolute atomic E-state index is 12.3. The number of primary sulfonamides is 1. The lowest BCUT2D eigenvalue weighted by Crippen LogP contribution is -2.34. The van der Waals surface area contributed by atoms with Crippen molar-refractivity contribution in [3.63, 3.8) is 0 Å². The number of aryl methyl sites for hydroxylation is 1. The first-order valence-electron chi connectivity index (χ1n) is 5.81. The van der Waals surface area contributed by atoms with E-state index in [1.54, 1.807) is 14.0 Å². The highest BCUT2D eigenvalue weighted by Gasteiger charge is 2.35. The summed E-state index contributed by atoms with van der Waals surface area (Å²) in [5.74, 6) is -0.310. The fourth-order valence-electron chi connectivity index (χ4n) is 2.18. The first kappa shape index (κ1) is 14.0. The average molecular weight is 287 g/mol. The van der Waals surface area contributed by atoms with Gasteiger partial charge in [-0.2, -0.15) is 0 Å². The molecule has 1 amide bonds. The molecule has 2 rings (SSSR count). The third-order valence-electron chi connectivity index (χ3n) is 3.27. The van der Waals surface area contributed by atoms with Crippen LogP contribution in [0.25, 0.3) is 0 Å². The summed E-state index contributed by atoms with van der Waals surface area (Å²) in [5.41, 5.74) is -0.648. The van der Waals surface area contributed by atoms with Crippen LogP contribution >= 0.6 is 0 Å². The van der Waals surface area contributed by atoms with Crippen molar-refractivity contribution >= 4 is 15.9 Å². The second kappa shape index (κ2) is 4.32. The molecule has 19 heavy (non-hydrogen) atoms. The molecule has 106 valence electrons. The van der Waals surface area contributed by atoms with Gasteiger partial charge in [-0.1, -0.05) is 0 Å². The molecule has 1 aliphatic rings. The number of hydrogen-bond acceptors (Lipinski definition) is 4. The van der Waals surface area contributed by atoms with E-state index in [-0.39, 0.29) is 23.0 Å². The Kier molecular flexibility index (Phi) is 3.20. The smallest absolute Gasteiger partial charge is 0.270 e. The highest BCUT2D eigenvalue weighted by atomic mass is 32.2. The summed E-state index contributed by atoms with van der Waals surface area (Å²) < 4.78 is 23.9. The summed E-state index contributed by atoms with van der Waals surface area (Å²) in [6, 6.07) is 1.25. The van der Waals surface area contributed by atoms with Gasteiger partial charge in [0, 0.05) is 26.3 Å². The first-order chi connectivity index (χ1) is 8.60. The first-order valence-corrected chi connectivity index (χ1v) is 7.36. The molecule has 1 unspecified atom stereocenters. The Hall–Kier alpha value is -1.38. The molecule has 0 aromatic carbocycles. The Morgan fingerprint density at radius 3 is 2.58 bits per heavy atom. The zero-order valence-corrected chi connectivity index (χ0v) is 11.6. The lowest BCUT2D eigenvalue weighted by molar-refractivity contribution is 0.0567. The summed E-state index contributed by atoms with van der Waals surface area (Å²) in [4.78, 5) is 13.7. The van der Waals surface area contributed by atoms with E-state index in [1.165, 1.54) is 21.7 Å². The molecule has 1 atom stereocenters. The Bertz CT molecular complexity index is 618. The quantitative estimate of drug-likeness (QED) is 0.748. The van der Waals surface area contributed by atoms with Gasteiger partial charge in [0.1, 0.15) is 10.6 Å². The van der Waals surface area contributed by atoms with Crippen molar-refractivity contribution in [3.05, 3.63) is 18.0 Å². The lowest BCUT2D eigenvalue weighted by atomic mass is 10.1. The SMILES string of the molecule is Cn1cc(S(N)(=O)=O)cc1C(=O)N1CCC(C)(O)C1. The average Bonchev–Trinajstić information content (AvgIpc) is 2.80. The van der Waals surface area contributed by atoms with E-state index in [0.29, 0.717) is 13.0 Å². The van der Waals surface area contributed by atoms with Gasteiger partial charge in [0.15, 0.2) is 0 Å². The Balaban J connectivity index is 2.28. The van der Waals surface area contributed by atoms with Crippen molar-refractivity contribution in [2.24, 2.45) is 12.2 Å². The van der Waals surface area contributed by atoms with Gasteiger partial charge in [-0.15, -0.1) is 0 Å². The largest absolute Gasteiger partial charge is 0.388 e. The molecule has 1 aliphatic heterocycles. The van der Waals surface area contributed by atoms with Gasteiger partial charge in [0.25, 0.3) is 5.91 Å². The van der Waals surface area contributed by atoms with Crippen LogP contribution in [-0.4, -0.2) is 47.6 Å². The molecule has 0 bridgehead atoms. The van der Waals surface area contributed by atoms with Gasteiger partial charge >= 0.3 is 0 Å². The van der Waals surface area contributed by atoms with E-state index in [2.05, 4.69) is 0 Å². The number of sulfonamides is 1. The number of nitrogens with two attached hydrogens (primary N) is 1. The number of carbonyl (C=O) groups excluding carboxylic acids is 1. The Morgan fingerprint density at radius 2 is 2.16 bits per heavy atom. The standard InChI is InChI=1S/C11H17N3O4S/c1-11(16)3-4-14(7-11)10(15)9-5-8(6-13(9)2)19(12,17)18/h5-6,16H,3-4,7H2,1-2H3,(H2,12,17,18). The Labute approximate surface area is 111 Å². The number of aliphatic hydroxyl groups is 1. The minimum atomic E-state index is -3.83. The fraction of sp³-hybridized carbons (Fsp3) is 0.545. The van der Waals surface area contributed by atoms with Crippen molar-refractivity contribution in [2.75, 3.05) is 13.1 Å². The van der Waals surface area contributed by atoms with Crippen molar-refractivity contribution in [3.8, 4) is 0 Å². The van der Waals surface area contributed by atoms with E-state index in [9.17, 15) is 18.3 Å². The lowest BCUT2D eigenvalue weighted by Gasteiger charge is -2.19. The van der Waals surface area contributed by atoms with Gasteiger partial charge in [0.2, 0.25) is 10.0 Å². The second-order valence-corrected chi connectivity index (χ2v) is 6.75. The number of amides is 1. The number of nitrogens with zero attached hydrogens (tertiary/aromatic N) is 2. The van der Waals surface area contributed by atoms with Crippen LogP contribution in [0.15, 0.2) is 17.2 Å². The van der Waals surface area contributed by atoms with Crippen molar-refractivity contribution in [2.45, 2.75) is 23.8 Å². The number of aromatic nitrogens is 1. The molecule has 0 aliphatic carbocycles. The van der Waals surface area contributed by atoms with Gasteiger partial charge in [-0.25, -0.2) is 13.6 Å². The van der Waals surface area contributed by atoms with E-state index in [1.807, 2.05) is 0 Å². The van der Waals surface area contributed by atoms with Crippen LogP contribution in [0.4, 0.5) is 0 Å². The van der Waals surface area contributed by atoms with E-state index in [4.69, 9.17) is 5.14 Å². The molecular weight excluding hydrogens is 270 g/mol. The number of rotatable bonds is 2. The zero-order chi connectivity index (χ0) is 14.4. The normalized spacial score (nSPS) is 23.9. The van der Waals surface area contributed by atoms with Crippen molar-refractivity contribution < 1.29 is 18.3 Å². The number of carbonyl (C=O) groups is 1. The van der Waals surface area contributed by atoms with Crippen LogP contribution in [-0.2, 0) is 17.1 Å². The summed E-state index contributed by atoms with van der Waals surface area (Å²) in [7, 11) is -2.25. The van der Waals surface area contributed by atoms with Gasteiger partial charge in [-0.3, -0.25) is 4.79 Å². The summed E-state index contributed by atoms with van der Waals surface area (Å²) >= 11 is 0. The van der Waals surface area contributed by atoms with Crippen LogP contribution in [0, 0.1) is 0 Å². The summed E-state index contributed by atoms with van der Waals surface area (Å²) in [5, 5.41) is 14.9. The van der Waals surface area contributed by atoms with Crippen LogP contribution in [0.2, 0.25) is 0 Å². The van der Waals surface area contributed by atoms with Crippen LogP contribution in [0.3, 0.4) is 0 Å². The monoisotopic (exact) mass is 287 g/mol. The predicted octanol–water partition coefficient (Wildman–Crippen LogP) is -0.731. The van der Waals surface area contributed by atoms with Crippen LogP contribution in [0.5, 0.6) is 0 Å². The second-order valence-electron chi connectivity index (χ2n) is 5.19. The minimum absolute atomic E-state index is 0.0932. The fourth-order valence-corrected chi connectivity index (χ4v) is 2.76. The molecule has 1 fully saturated rings. The molecular formula is C11H17N3O4S. The Morgan fingerprint density at radius 1 is 1.53 bits per heavy atom. The van der Waals surface area contributed by atoms with E-state index in [0.717, 1.165) is 0 Å². The highest BCUT2D eigenvalue weighted by molar-refractivity contribution is 7.89. The number of likely N-dealkylation sites (tertiary alicyclic amines) is 1. The van der Waals surface area contributed by atoms with Gasteiger partial charge < -0.3 is 14.6 Å². The van der Waals surface area contributed by atoms with Crippen LogP contribution in [0.1, 0.15) is 23.8 Å². The topological polar surface area (TPSA) is 106 Å². The van der Waals surface area contributed by atoms with Gasteiger partial charge in [0.05, 0.1) is 5.60 Å². The molecule has 0 spiro atoms. The predicted molar refractivity (Wildman–Crippen MR) is 67.9 cm³/mol. The maximum atomic E-state index is 12.3. The van der Waals surface area contributed by atoms with Crippen LogP contribution < -0.4 is 5.14 Å². The zero-order valence-electron chi connectivity index (χ0n) is 10.8. The summed E-state index contributed by atoms with van der Waals surface area (Å²) in [6.07, 6.45) is 1.81. The van der Waals surface area contributed by atoms with Crippen molar-refractivity contribution in [1.82, 2.24) is 9.47 Å². The molecule has 1 saturated heterocycles. The highest BCUT2D eigenvalue weighted by Crippen LogP contribution is 2.23. The number of hydrogen-bond donors (Lipinski definition) is 2. The third kappa shape index (κ3) is 2.80. The van der Waals surface area contributed by atoms with E-state index >= 15 is 0 Å². The summed E-state index contributed by atoms with van der Waals surface area (Å²) in [6.45, 7) is 2.35. The van der Waals surface area contributed by atoms with E-state index < -0.39 is 15.6 Å². The molecule has 1 aromatic rings. The molecule has 8 heteroatoms. The number of β-amino-alcohol motifs (C(OH)–C–C–N with tert-alkyl or cyclic N) is 1. The molecule has 2 heterocycles. The van der Waals surface area contributed by atoms with Crippen molar-refractivity contribution in [1.29, 1.82) is 0 Å². The molecule has 3 N–H and O–H groups in total. The maximum Gasteiger partial charge on any atom is 0.270 e. The van der Waals surface area contributed by atoms with Gasteiger partial charge in [-0.05, 0) is 19.4 Å².